The highest BCUT2D eigenvalue weighted by molar-refractivity contribution is 7.91. The first-order valence-electron chi connectivity index (χ1n) is 4.67. The molecule has 0 aromatic carbocycles. The third kappa shape index (κ3) is 6.88. The van der Waals surface area contributed by atoms with Crippen LogP contribution in [0.3, 0.4) is 0 Å². The first-order valence-corrected chi connectivity index (χ1v) is 6.73. The Labute approximate surface area is 86.0 Å². The molecular formula is C9H19NO3S. The van der Waals surface area contributed by atoms with Gasteiger partial charge in [-0.15, -0.1) is 0 Å². The van der Waals surface area contributed by atoms with E-state index < -0.39 is 21.5 Å². The quantitative estimate of drug-likeness (QED) is 0.732. The third-order valence-electron chi connectivity index (χ3n) is 2.15. The molecule has 0 aliphatic heterocycles. The number of rotatable bonds is 5. The topological polar surface area (TPSA) is 63.2 Å². The summed E-state index contributed by atoms with van der Waals surface area (Å²) in [5.41, 5.74) is 0. The van der Waals surface area contributed by atoms with Crippen LogP contribution in [0.15, 0.2) is 0 Å². The average Bonchev–Trinajstić information content (AvgIpc) is 1.96. The van der Waals surface area contributed by atoms with E-state index in [1.165, 1.54) is 0 Å². The minimum atomic E-state index is -3.20. The Kier molecular flexibility index (Phi) is 5.12. The molecule has 0 aliphatic rings. The predicted octanol–water partition coefficient (Wildman–Crippen LogP) is 0.439. The lowest BCUT2D eigenvalue weighted by atomic mass is 9.98. The number of amides is 1. The maximum absolute atomic E-state index is 11.1. The Morgan fingerprint density at radius 2 is 1.79 bits per heavy atom. The van der Waals surface area contributed by atoms with Crippen molar-refractivity contribution in [2.24, 2.45) is 11.8 Å². The van der Waals surface area contributed by atoms with E-state index in [-0.39, 0.29) is 0 Å². The molecule has 0 spiro atoms. The molecule has 0 fully saturated rings. The summed E-state index contributed by atoms with van der Waals surface area (Å²) in [6.45, 7) is 6.68. The van der Waals surface area contributed by atoms with E-state index in [9.17, 15) is 13.2 Å². The lowest BCUT2D eigenvalue weighted by molar-refractivity contribution is -0.118. The van der Waals surface area contributed by atoms with Gasteiger partial charge in [-0.3, -0.25) is 4.79 Å². The van der Waals surface area contributed by atoms with Crippen LogP contribution >= 0.6 is 0 Å². The van der Waals surface area contributed by atoms with E-state index in [1.807, 2.05) is 6.92 Å². The van der Waals surface area contributed by atoms with Crippen LogP contribution in [-0.4, -0.2) is 32.9 Å². The zero-order valence-corrected chi connectivity index (χ0v) is 10.0. The summed E-state index contributed by atoms with van der Waals surface area (Å²) in [4.78, 5) is 11.1. The molecule has 84 valence electrons. The van der Waals surface area contributed by atoms with Crippen LogP contribution in [0, 0.1) is 11.8 Å². The van der Waals surface area contributed by atoms with Crippen molar-refractivity contribution in [1.29, 1.82) is 0 Å². The molecule has 14 heavy (non-hydrogen) atoms. The number of carbonyl (C=O) groups is 1. The molecule has 4 nitrogen and oxygen atoms in total. The molecule has 0 saturated carbocycles. The highest BCUT2D eigenvalue weighted by Gasteiger charge is 2.12. The molecule has 0 unspecified atom stereocenters. The molecule has 0 heterocycles. The maximum atomic E-state index is 11.1. The summed E-state index contributed by atoms with van der Waals surface area (Å²) >= 11 is 0. The fraction of sp³-hybridized carbons (Fsp3) is 0.889. The van der Waals surface area contributed by atoms with Crippen molar-refractivity contribution in [3.63, 3.8) is 0 Å². The summed E-state index contributed by atoms with van der Waals surface area (Å²) in [5.74, 6) is 0.00435. The van der Waals surface area contributed by atoms with E-state index in [2.05, 4.69) is 19.2 Å². The second-order valence-corrected chi connectivity index (χ2v) is 6.24. The van der Waals surface area contributed by atoms with Crippen LogP contribution in [0.25, 0.3) is 0 Å². The number of carbonyl (C=O) groups excluding carboxylic acids is 1. The maximum Gasteiger partial charge on any atom is 0.235 e. The SMILES string of the molecule is CC(C)[C@@H](C)CNC(=O)CS(C)(=O)=O. The number of hydrogen-bond donors (Lipinski definition) is 1. The van der Waals surface area contributed by atoms with Gasteiger partial charge in [0.2, 0.25) is 5.91 Å². The molecule has 0 aromatic heterocycles. The Morgan fingerprint density at radius 3 is 2.14 bits per heavy atom. The lowest BCUT2D eigenvalue weighted by Crippen LogP contribution is -2.34. The van der Waals surface area contributed by atoms with Crippen LogP contribution < -0.4 is 5.32 Å². The van der Waals surface area contributed by atoms with Gasteiger partial charge in [-0.2, -0.15) is 0 Å². The first kappa shape index (κ1) is 13.4. The standard InChI is InChI=1S/C9H19NO3S/c1-7(2)8(3)5-10-9(11)6-14(4,12)13/h7-8H,5-6H2,1-4H3,(H,10,11)/t8-/m0/s1. The minimum Gasteiger partial charge on any atom is -0.355 e. The number of hydrogen-bond acceptors (Lipinski definition) is 3. The average molecular weight is 221 g/mol. The summed E-state index contributed by atoms with van der Waals surface area (Å²) in [7, 11) is -3.20. The monoisotopic (exact) mass is 221 g/mol. The second kappa shape index (κ2) is 5.34. The van der Waals surface area contributed by atoms with Crippen molar-refractivity contribution in [2.45, 2.75) is 20.8 Å². The fourth-order valence-corrected chi connectivity index (χ4v) is 1.38. The van der Waals surface area contributed by atoms with Gasteiger partial charge in [0.1, 0.15) is 5.75 Å². The summed E-state index contributed by atoms with van der Waals surface area (Å²) < 4.78 is 21.5. The Morgan fingerprint density at radius 1 is 1.29 bits per heavy atom. The van der Waals surface area contributed by atoms with Gasteiger partial charge in [-0.1, -0.05) is 20.8 Å². The van der Waals surface area contributed by atoms with Crippen LogP contribution in [-0.2, 0) is 14.6 Å². The zero-order valence-electron chi connectivity index (χ0n) is 9.20. The highest BCUT2D eigenvalue weighted by atomic mass is 32.2. The minimum absolute atomic E-state index is 0.360. The van der Waals surface area contributed by atoms with Gasteiger partial charge in [0.25, 0.3) is 0 Å². The summed E-state index contributed by atoms with van der Waals surface area (Å²) in [6, 6.07) is 0. The van der Waals surface area contributed by atoms with E-state index in [4.69, 9.17) is 0 Å². The second-order valence-electron chi connectivity index (χ2n) is 4.10. The van der Waals surface area contributed by atoms with E-state index in [0.29, 0.717) is 18.4 Å². The summed E-state index contributed by atoms with van der Waals surface area (Å²) in [6.07, 6.45) is 1.05. The van der Waals surface area contributed by atoms with Gasteiger partial charge in [-0.05, 0) is 11.8 Å². The Bertz CT molecular complexity index is 282. The van der Waals surface area contributed by atoms with Crippen LogP contribution in [0.4, 0.5) is 0 Å². The number of nitrogens with one attached hydrogen (secondary N) is 1. The number of sulfone groups is 1. The van der Waals surface area contributed by atoms with Gasteiger partial charge in [-0.25, -0.2) is 8.42 Å². The molecule has 5 heteroatoms. The molecule has 0 aromatic rings. The van der Waals surface area contributed by atoms with Crippen LogP contribution in [0.1, 0.15) is 20.8 Å². The van der Waals surface area contributed by atoms with Crippen LogP contribution in [0.5, 0.6) is 0 Å². The molecule has 1 atom stereocenters. The molecular weight excluding hydrogens is 202 g/mol. The molecule has 1 amide bonds. The Hall–Kier alpha value is -0.580. The molecule has 0 aliphatic carbocycles. The van der Waals surface area contributed by atoms with Crippen molar-refractivity contribution >= 4 is 15.7 Å². The fourth-order valence-electron chi connectivity index (χ4n) is 0.800. The normalized spacial score (nSPS) is 14.1. The van der Waals surface area contributed by atoms with Crippen molar-refractivity contribution in [2.75, 3.05) is 18.6 Å². The third-order valence-corrected chi connectivity index (χ3v) is 2.94. The van der Waals surface area contributed by atoms with Crippen molar-refractivity contribution in [3.05, 3.63) is 0 Å². The van der Waals surface area contributed by atoms with Gasteiger partial charge in [0.05, 0.1) is 0 Å². The highest BCUT2D eigenvalue weighted by Crippen LogP contribution is 2.07. The van der Waals surface area contributed by atoms with Gasteiger partial charge in [0.15, 0.2) is 9.84 Å². The summed E-state index contributed by atoms with van der Waals surface area (Å²) in [5, 5.41) is 2.60. The molecule has 0 radical (unpaired) electrons. The first-order chi connectivity index (χ1) is 6.22. The molecule has 0 rings (SSSR count). The van der Waals surface area contributed by atoms with Gasteiger partial charge in [0, 0.05) is 12.8 Å². The van der Waals surface area contributed by atoms with E-state index >= 15 is 0 Å². The van der Waals surface area contributed by atoms with E-state index in [0.717, 1.165) is 6.26 Å². The predicted molar refractivity (Wildman–Crippen MR) is 56.7 cm³/mol. The molecule has 1 N–H and O–H groups in total. The largest absolute Gasteiger partial charge is 0.355 e. The van der Waals surface area contributed by atoms with Gasteiger partial charge >= 0.3 is 0 Å². The van der Waals surface area contributed by atoms with Crippen molar-refractivity contribution in [1.82, 2.24) is 5.32 Å². The van der Waals surface area contributed by atoms with Crippen molar-refractivity contribution < 1.29 is 13.2 Å². The zero-order chi connectivity index (χ0) is 11.4. The van der Waals surface area contributed by atoms with Gasteiger partial charge < -0.3 is 5.32 Å². The lowest BCUT2D eigenvalue weighted by Gasteiger charge is -2.15. The Balaban J connectivity index is 3.87. The molecule has 0 saturated heterocycles. The van der Waals surface area contributed by atoms with E-state index in [1.54, 1.807) is 0 Å². The van der Waals surface area contributed by atoms with Crippen LogP contribution in [0.2, 0.25) is 0 Å². The smallest absolute Gasteiger partial charge is 0.235 e. The van der Waals surface area contributed by atoms with Crippen molar-refractivity contribution in [3.8, 4) is 0 Å². The molecule has 0 bridgehead atoms.